The van der Waals surface area contributed by atoms with Crippen LogP contribution >= 0.6 is 0 Å². The van der Waals surface area contributed by atoms with Crippen LogP contribution in [0, 0.1) is 0 Å². The maximum atomic E-state index is 6.87. The first-order valence-corrected chi connectivity index (χ1v) is 18.6. The van der Waals surface area contributed by atoms with Gasteiger partial charge in [0.05, 0.1) is 22.1 Å². The standard InChI is InChI=1S/C50H30N4O/c1-3-14-31(15-4-1)32-18-13-19-35(28-32)49-51-47-39-29-33-16-7-8-17-34(33)30-44(39)55-48(47)50(52-49)54-41-25-12-10-23-38(41)46-43(54)27-26-42-45(46)37-22-9-11-24-40(37)53(42)36-20-5-2-6-21-36/h1-30H. The Morgan fingerprint density at radius 1 is 0.400 bits per heavy atom. The van der Waals surface area contributed by atoms with Gasteiger partial charge in [-0.25, -0.2) is 9.97 Å². The molecule has 55 heavy (non-hydrogen) atoms. The van der Waals surface area contributed by atoms with E-state index in [-0.39, 0.29) is 0 Å². The summed E-state index contributed by atoms with van der Waals surface area (Å²) in [6.45, 7) is 0. The Labute approximate surface area is 315 Å². The SMILES string of the molecule is c1ccc(-c2cccc(-c3nc(-n4c5ccccc5c5c6c7ccccc7n(-c7ccccc7)c6ccc54)c4oc5cc6ccccc6cc5c4n3)c2)cc1. The highest BCUT2D eigenvalue weighted by atomic mass is 16.3. The van der Waals surface area contributed by atoms with Crippen molar-refractivity contribution >= 4 is 76.5 Å². The molecule has 0 saturated heterocycles. The van der Waals surface area contributed by atoms with Gasteiger partial charge in [-0.2, -0.15) is 0 Å². The van der Waals surface area contributed by atoms with Crippen LogP contribution in [0.2, 0.25) is 0 Å². The predicted molar refractivity (Wildman–Crippen MR) is 226 cm³/mol. The van der Waals surface area contributed by atoms with Crippen molar-refractivity contribution in [2.75, 3.05) is 0 Å². The minimum Gasteiger partial charge on any atom is -0.450 e. The average molecular weight is 703 g/mol. The van der Waals surface area contributed by atoms with Crippen LogP contribution in [0.15, 0.2) is 186 Å². The number of rotatable bonds is 4. The second-order valence-corrected chi connectivity index (χ2v) is 14.2. The highest BCUT2D eigenvalue weighted by molar-refractivity contribution is 6.29. The summed E-state index contributed by atoms with van der Waals surface area (Å²) in [5, 5.41) is 7.97. The summed E-state index contributed by atoms with van der Waals surface area (Å²) in [5.41, 5.74) is 11.0. The average Bonchev–Trinajstić information content (AvgIpc) is 3.90. The van der Waals surface area contributed by atoms with E-state index >= 15 is 0 Å². The van der Waals surface area contributed by atoms with Gasteiger partial charge >= 0.3 is 0 Å². The van der Waals surface area contributed by atoms with Gasteiger partial charge in [-0.3, -0.25) is 4.57 Å². The van der Waals surface area contributed by atoms with Crippen molar-refractivity contribution in [3.63, 3.8) is 0 Å². The van der Waals surface area contributed by atoms with Crippen LogP contribution in [-0.2, 0) is 0 Å². The molecular formula is C50H30N4O. The molecule has 4 aromatic heterocycles. The fraction of sp³-hybridized carbons (Fsp3) is 0. The Balaban J connectivity index is 1.22. The molecule has 4 heterocycles. The number of aromatic nitrogens is 4. The molecular weight excluding hydrogens is 673 g/mol. The van der Waals surface area contributed by atoms with Crippen LogP contribution in [0.1, 0.15) is 0 Å². The molecule has 0 aliphatic carbocycles. The third kappa shape index (κ3) is 4.41. The van der Waals surface area contributed by atoms with Gasteiger partial charge in [-0.15, -0.1) is 0 Å². The van der Waals surface area contributed by atoms with Crippen molar-refractivity contribution < 1.29 is 4.42 Å². The Hall–Kier alpha value is -7.50. The Morgan fingerprint density at radius 2 is 0.982 bits per heavy atom. The molecule has 0 radical (unpaired) electrons. The molecule has 0 aliphatic heterocycles. The molecule has 8 aromatic carbocycles. The molecule has 12 rings (SSSR count). The van der Waals surface area contributed by atoms with Crippen molar-refractivity contribution in [2.24, 2.45) is 0 Å². The Bertz CT molecular complexity index is 3480. The Morgan fingerprint density at radius 3 is 1.73 bits per heavy atom. The molecule has 0 spiro atoms. The lowest BCUT2D eigenvalue weighted by molar-refractivity contribution is 0.663. The highest BCUT2D eigenvalue weighted by Gasteiger charge is 2.25. The number of para-hydroxylation sites is 3. The van der Waals surface area contributed by atoms with Gasteiger partial charge in [0, 0.05) is 38.2 Å². The molecule has 5 heteroatoms. The van der Waals surface area contributed by atoms with E-state index in [1.54, 1.807) is 0 Å². The molecule has 0 unspecified atom stereocenters. The van der Waals surface area contributed by atoms with E-state index in [1.165, 1.54) is 21.7 Å². The second kappa shape index (κ2) is 11.5. The molecule has 5 nitrogen and oxygen atoms in total. The summed E-state index contributed by atoms with van der Waals surface area (Å²) < 4.78 is 11.5. The van der Waals surface area contributed by atoms with Crippen molar-refractivity contribution in [3.05, 3.63) is 182 Å². The van der Waals surface area contributed by atoms with Gasteiger partial charge in [-0.05, 0) is 76.5 Å². The van der Waals surface area contributed by atoms with Gasteiger partial charge in [0.15, 0.2) is 17.2 Å². The maximum absolute atomic E-state index is 6.87. The minimum absolute atomic E-state index is 0.642. The van der Waals surface area contributed by atoms with Gasteiger partial charge < -0.3 is 8.98 Å². The summed E-state index contributed by atoms with van der Waals surface area (Å²) >= 11 is 0. The Kier molecular flexibility index (Phi) is 6.27. The number of fused-ring (bicyclic) bond motifs is 11. The van der Waals surface area contributed by atoms with E-state index in [0.29, 0.717) is 17.2 Å². The number of hydrogen-bond acceptors (Lipinski definition) is 3. The molecule has 0 amide bonds. The van der Waals surface area contributed by atoms with Crippen molar-refractivity contribution in [1.29, 1.82) is 0 Å². The number of hydrogen-bond donors (Lipinski definition) is 0. The third-order valence-corrected chi connectivity index (χ3v) is 11.1. The molecule has 0 fully saturated rings. The lowest BCUT2D eigenvalue weighted by Crippen LogP contribution is -2.02. The molecule has 0 N–H and O–H groups in total. The van der Waals surface area contributed by atoms with Crippen molar-refractivity contribution in [3.8, 4) is 34.0 Å². The van der Waals surface area contributed by atoms with E-state index in [1.807, 2.05) is 6.07 Å². The molecule has 0 atom stereocenters. The van der Waals surface area contributed by atoms with E-state index in [4.69, 9.17) is 14.4 Å². The van der Waals surface area contributed by atoms with Gasteiger partial charge in [0.2, 0.25) is 0 Å². The van der Waals surface area contributed by atoms with Crippen LogP contribution in [-0.4, -0.2) is 19.1 Å². The summed E-state index contributed by atoms with van der Waals surface area (Å²) in [6, 6.07) is 64.2. The quantitative estimate of drug-likeness (QED) is 0.183. The number of benzene rings is 8. The monoisotopic (exact) mass is 702 g/mol. The lowest BCUT2D eigenvalue weighted by Gasteiger charge is -2.11. The van der Waals surface area contributed by atoms with Crippen LogP contribution in [0.5, 0.6) is 0 Å². The van der Waals surface area contributed by atoms with Crippen molar-refractivity contribution in [2.45, 2.75) is 0 Å². The lowest BCUT2D eigenvalue weighted by atomic mass is 10.0. The largest absolute Gasteiger partial charge is 0.450 e. The highest BCUT2D eigenvalue weighted by Crippen LogP contribution is 2.44. The third-order valence-electron chi connectivity index (χ3n) is 11.1. The molecule has 256 valence electrons. The fourth-order valence-electron chi connectivity index (χ4n) is 8.66. The zero-order valence-electron chi connectivity index (χ0n) is 29.5. The predicted octanol–water partition coefficient (Wildman–Crippen LogP) is 13.1. The molecule has 0 aliphatic rings. The van der Waals surface area contributed by atoms with Crippen LogP contribution in [0.25, 0.3) is 110 Å². The van der Waals surface area contributed by atoms with E-state index in [0.717, 1.165) is 71.6 Å². The second-order valence-electron chi connectivity index (χ2n) is 14.2. The summed E-state index contributed by atoms with van der Waals surface area (Å²) in [5.74, 6) is 1.35. The summed E-state index contributed by atoms with van der Waals surface area (Å²) in [4.78, 5) is 10.8. The van der Waals surface area contributed by atoms with Crippen LogP contribution in [0.3, 0.4) is 0 Å². The fourth-order valence-corrected chi connectivity index (χ4v) is 8.66. The van der Waals surface area contributed by atoms with E-state index < -0.39 is 0 Å². The van der Waals surface area contributed by atoms with Gasteiger partial charge in [-0.1, -0.05) is 127 Å². The van der Waals surface area contributed by atoms with Crippen LogP contribution < -0.4 is 0 Å². The molecule has 0 bridgehead atoms. The van der Waals surface area contributed by atoms with E-state index in [2.05, 4.69) is 185 Å². The zero-order valence-corrected chi connectivity index (χ0v) is 29.5. The zero-order chi connectivity index (χ0) is 36.0. The van der Waals surface area contributed by atoms with E-state index in [9.17, 15) is 0 Å². The van der Waals surface area contributed by atoms with Gasteiger partial charge in [0.1, 0.15) is 11.1 Å². The maximum Gasteiger partial charge on any atom is 0.197 e. The minimum atomic E-state index is 0.642. The number of furan rings is 1. The molecule has 0 saturated carbocycles. The first kappa shape index (κ1) is 30.0. The number of nitrogens with zero attached hydrogens (tertiary/aromatic N) is 4. The van der Waals surface area contributed by atoms with Crippen molar-refractivity contribution in [1.82, 2.24) is 19.1 Å². The molecule has 12 aromatic rings. The van der Waals surface area contributed by atoms with Gasteiger partial charge in [0.25, 0.3) is 0 Å². The summed E-state index contributed by atoms with van der Waals surface area (Å²) in [6.07, 6.45) is 0. The smallest absolute Gasteiger partial charge is 0.197 e. The topological polar surface area (TPSA) is 48.8 Å². The summed E-state index contributed by atoms with van der Waals surface area (Å²) in [7, 11) is 0. The first-order chi connectivity index (χ1) is 27.3. The normalized spacial score (nSPS) is 12.0. The van der Waals surface area contributed by atoms with Crippen LogP contribution in [0.4, 0.5) is 0 Å². The first-order valence-electron chi connectivity index (χ1n) is 18.6.